The zero-order chi connectivity index (χ0) is 36.0. The first-order valence-corrected chi connectivity index (χ1v) is 18.2. The number of hydrogen-bond acceptors (Lipinski definition) is 6. The molecule has 4 aromatic heterocycles. The van der Waals surface area contributed by atoms with Gasteiger partial charge in [0, 0.05) is 43.6 Å². The summed E-state index contributed by atoms with van der Waals surface area (Å²) in [6, 6.07) is 55.8. The van der Waals surface area contributed by atoms with Gasteiger partial charge in [0.05, 0.1) is 17.1 Å². The van der Waals surface area contributed by atoms with Crippen LogP contribution in [-0.4, -0.2) is 25.0 Å². The van der Waals surface area contributed by atoms with Crippen LogP contribution >= 0.6 is 0 Å². The first-order chi connectivity index (χ1) is 27.2. The summed E-state index contributed by atoms with van der Waals surface area (Å²) in [5.41, 5.74) is 10.4. The van der Waals surface area contributed by atoms with Crippen molar-refractivity contribution in [2.75, 3.05) is 0 Å². The summed E-state index contributed by atoms with van der Waals surface area (Å²) in [5, 5.41) is 18.4. The molecule has 0 amide bonds. The van der Waals surface area contributed by atoms with Crippen molar-refractivity contribution >= 4 is 76.5 Å². The minimum Gasteiger partial charge on any atom is -0.456 e. The van der Waals surface area contributed by atoms with Gasteiger partial charge in [0.15, 0.2) is 5.82 Å². The molecule has 0 atom stereocenters. The largest absolute Gasteiger partial charge is 0.456 e. The Bertz CT molecular complexity index is 3370. The van der Waals surface area contributed by atoms with Gasteiger partial charge in [-0.3, -0.25) is 0 Å². The Hall–Kier alpha value is -7.64. The highest BCUT2D eigenvalue weighted by molar-refractivity contribution is 6.18. The normalized spacial score (nSPS) is 12.0. The van der Waals surface area contributed by atoms with Crippen molar-refractivity contribution in [3.8, 4) is 39.6 Å². The third-order valence-corrected chi connectivity index (χ3v) is 10.7. The molecule has 0 aliphatic rings. The minimum absolute atomic E-state index is 0.622. The van der Waals surface area contributed by atoms with E-state index in [1.165, 1.54) is 0 Å². The molecular weight excluding hydrogens is 679 g/mol. The SMILES string of the molecule is c1ccc(-n2nc3ccc4ccc5cc(-c6nc(-c7ccc8c(c7)oc7ccccc78)cc(-c7ccc8c(c7)oc7ccccc78)n6)ccc5c4c3n2)cc1. The number of hydrogen-bond donors (Lipinski definition) is 0. The highest BCUT2D eigenvalue weighted by Gasteiger charge is 2.17. The number of aromatic nitrogens is 5. The van der Waals surface area contributed by atoms with Crippen molar-refractivity contribution in [1.29, 1.82) is 0 Å². The molecule has 0 spiro atoms. The molecule has 0 aliphatic heterocycles. The second-order valence-corrected chi connectivity index (χ2v) is 13.9. The Morgan fingerprint density at radius 2 is 0.964 bits per heavy atom. The monoisotopic (exact) mass is 705 g/mol. The number of fused-ring (bicyclic) bond motifs is 11. The molecule has 12 rings (SSSR count). The molecule has 55 heavy (non-hydrogen) atoms. The number of para-hydroxylation sites is 3. The van der Waals surface area contributed by atoms with Crippen LogP contribution in [-0.2, 0) is 0 Å². The van der Waals surface area contributed by atoms with Gasteiger partial charge in [0.2, 0.25) is 0 Å². The lowest BCUT2D eigenvalue weighted by atomic mass is 9.98. The average Bonchev–Trinajstić information content (AvgIpc) is 3.96. The summed E-state index contributed by atoms with van der Waals surface area (Å²) in [7, 11) is 0. The van der Waals surface area contributed by atoms with Crippen LogP contribution in [0.2, 0.25) is 0 Å². The van der Waals surface area contributed by atoms with Gasteiger partial charge in [-0.1, -0.05) is 97.1 Å². The second kappa shape index (κ2) is 11.4. The lowest BCUT2D eigenvalue weighted by Crippen LogP contribution is -1.97. The van der Waals surface area contributed by atoms with E-state index in [9.17, 15) is 0 Å². The molecule has 0 radical (unpaired) electrons. The zero-order valence-corrected chi connectivity index (χ0v) is 29.1. The van der Waals surface area contributed by atoms with E-state index in [-0.39, 0.29) is 0 Å². The van der Waals surface area contributed by atoms with Gasteiger partial charge in [-0.25, -0.2) is 9.97 Å². The van der Waals surface area contributed by atoms with Gasteiger partial charge >= 0.3 is 0 Å². The Labute approximate surface area is 312 Å². The predicted molar refractivity (Wildman–Crippen MR) is 220 cm³/mol. The molecule has 0 saturated heterocycles. The predicted octanol–water partition coefficient (Wildman–Crippen LogP) is 12.3. The van der Waals surface area contributed by atoms with Crippen molar-refractivity contribution in [3.05, 3.63) is 164 Å². The molecule has 4 heterocycles. The molecule has 0 bridgehead atoms. The molecule has 256 valence electrons. The van der Waals surface area contributed by atoms with Crippen molar-refractivity contribution in [3.63, 3.8) is 0 Å². The lowest BCUT2D eigenvalue weighted by Gasteiger charge is -2.11. The third kappa shape index (κ3) is 4.70. The topological polar surface area (TPSA) is 82.8 Å². The highest BCUT2D eigenvalue weighted by Crippen LogP contribution is 2.37. The first kappa shape index (κ1) is 29.9. The third-order valence-electron chi connectivity index (χ3n) is 10.7. The first-order valence-electron chi connectivity index (χ1n) is 18.2. The van der Waals surface area contributed by atoms with Crippen molar-refractivity contribution in [2.24, 2.45) is 0 Å². The van der Waals surface area contributed by atoms with Crippen molar-refractivity contribution in [1.82, 2.24) is 25.0 Å². The maximum Gasteiger partial charge on any atom is 0.160 e. The van der Waals surface area contributed by atoms with E-state index in [1.54, 1.807) is 4.80 Å². The molecule has 12 aromatic rings. The molecular formula is C48H27N5O2. The molecule has 0 unspecified atom stereocenters. The van der Waals surface area contributed by atoms with Crippen LogP contribution in [0.15, 0.2) is 173 Å². The molecule has 7 heteroatoms. The Morgan fingerprint density at radius 1 is 0.400 bits per heavy atom. The van der Waals surface area contributed by atoms with Gasteiger partial charge in [-0.05, 0) is 82.9 Å². The number of benzene rings is 8. The Kier molecular flexibility index (Phi) is 6.21. The molecule has 0 saturated carbocycles. The van der Waals surface area contributed by atoms with Gasteiger partial charge in [-0.15, -0.1) is 10.2 Å². The van der Waals surface area contributed by atoms with E-state index in [1.807, 2.05) is 72.8 Å². The van der Waals surface area contributed by atoms with E-state index in [2.05, 4.69) is 91.0 Å². The molecule has 0 N–H and O–H groups in total. The van der Waals surface area contributed by atoms with E-state index in [0.29, 0.717) is 5.82 Å². The molecule has 0 fully saturated rings. The van der Waals surface area contributed by atoms with Crippen LogP contribution in [0.25, 0.3) is 116 Å². The van der Waals surface area contributed by atoms with E-state index in [4.69, 9.17) is 29.0 Å². The Balaban J connectivity index is 1.04. The summed E-state index contributed by atoms with van der Waals surface area (Å²) in [4.78, 5) is 12.1. The number of rotatable bonds is 4. The van der Waals surface area contributed by atoms with E-state index >= 15 is 0 Å². The number of nitrogens with zero attached hydrogens (tertiary/aromatic N) is 5. The standard InChI is InChI=1S/C48H27N5O2/c1-2-8-33(9-3-1)53-51-39-23-19-28-14-15-29-24-32(18-20-34(29)46(28)47(39)52-53)48-49-40(30-16-21-37-35-10-4-6-12-42(35)54-44(37)25-30)27-41(50-48)31-17-22-38-36-11-5-7-13-43(36)55-45(38)26-31/h1-27H. The van der Waals surface area contributed by atoms with Crippen LogP contribution in [0.3, 0.4) is 0 Å². The summed E-state index contributed by atoms with van der Waals surface area (Å²) in [6.45, 7) is 0. The minimum atomic E-state index is 0.622. The smallest absolute Gasteiger partial charge is 0.160 e. The fraction of sp³-hybridized carbons (Fsp3) is 0. The summed E-state index contributed by atoms with van der Waals surface area (Å²) in [6.07, 6.45) is 0. The molecule has 0 aliphatic carbocycles. The van der Waals surface area contributed by atoms with E-state index in [0.717, 1.165) is 110 Å². The zero-order valence-electron chi connectivity index (χ0n) is 29.1. The average molecular weight is 706 g/mol. The maximum atomic E-state index is 6.29. The van der Waals surface area contributed by atoms with Crippen LogP contribution in [0.5, 0.6) is 0 Å². The second-order valence-electron chi connectivity index (χ2n) is 13.9. The maximum absolute atomic E-state index is 6.29. The molecule has 7 nitrogen and oxygen atoms in total. The lowest BCUT2D eigenvalue weighted by molar-refractivity contribution is 0.668. The van der Waals surface area contributed by atoms with Gasteiger partial charge in [0.25, 0.3) is 0 Å². The number of furan rings is 2. The van der Waals surface area contributed by atoms with Gasteiger partial charge in [-0.2, -0.15) is 4.80 Å². The van der Waals surface area contributed by atoms with Crippen LogP contribution in [0.1, 0.15) is 0 Å². The van der Waals surface area contributed by atoms with Crippen LogP contribution < -0.4 is 0 Å². The van der Waals surface area contributed by atoms with Gasteiger partial charge in [0.1, 0.15) is 33.4 Å². The summed E-state index contributed by atoms with van der Waals surface area (Å²) < 4.78 is 12.6. The summed E-state index contributed by atoms with van der Waals surface area (Å²) >= 11 is 0. The van der Waals surface area contributed by atoms with Crippen LogP contribution in [0.4, 0.5) is 0 Å². The highest BCUT2D eigenvalue weighted by atomic mass is 16.3. The fourth-order valence-electron chi connectivity index (χ4n) is 7.99. The van der Waals surface area contributed by atoms with Crippen molar-refractivity contribution in [2.45, 2.75) is 0 Å². The van der Waals surface area contributed by atoms with Gasteiger partial charge < -0.3 is 8.83 Å². The van der Waals surface area contributed by atoms with E-state index < -0.39 is 0 Å². The Morgan fingerprint density at radius 3 is 1.65 bits per heavy atom. The quantitative estimate of drug-likeness (QED) is 0.170. The molecule has 8 aromatic carbocycles. The van der Waals surface area contributed by atoms with Crippen LogP contribution in [0, 0.1) is 0 Å². The summed E-state index contributed by atoms with van der Waals surface area (Å²) in [5.74, 6) is 0.622. The van der Waals surface area contributed by atoms with Crippen molar-refractivity contribution < 1.29 is 8.83 Å². The fourth-order valence-corrected chi connectivity index (χ4v) is 7.99.